The van der Waals surface area contributed by atoms with Crippen LogP contribution >= 0.6 is 7.92 Å². The van der Waals surface area contributed by atoms with E-state index in [1.807, 2.05) is 14.1 Å². The molecular weight excluding hydrogens is 309 g/mol. The zero-order chi connectivity index (χ0) is 18.4. The summed E-state index contributed by atoms with van der Waals surface area (Å²) in [6.07, 6.45) is 0. The first-order chi connectivity index (χ1) is 11.1. The minimum Gasteiger partial charge on any atom is -0.323 e. The lowest BCUT2D eigenvalue weighted by Crippen LogP contribution is -2.31. The third-order valence-corrected chi connectivity index (χ3v) is 7.13. The summed E-state index contributed by atoms with van der Waals surface area (Å²) in [6, 6.07) is 19.7. The highest BCUT2D eigenvalue weighted by Gasteiger charge is 2.36. The number of hydrogen-bond donors (Lipinski definition) is 1. The van der Waals surface area contributed by atoms with Gasteiger partial charge >= 0.3 is 0 Å². The first-order valence-corrected chi connectivity index (χ1v) is 10.0. The number of hydrogen-bond acceptors (Lipinski definition) is 1. The molecule has 0 bridgehead atoms. The topological polar surface area (TPSA) is 12.0 Å². The molecule has 0 heterocycles. The van der Waals surface area contributed by atoms with Gasteiger partial charge in [0.05, 0.1) is 0 Å². The second-order valence-corrected chi connectivity index (χ2v) is 11.9. The molecule has 0 spiro atoms. The molecule has 1 nitrogen and oxygen atoms in total. The van der Waals surface area contributed by atoms with Gasteiger partial charge in [0, 0.05) is 0 Å². The highest BCUT2D eigenvalue weighted by atomic mass is 31.1. The van der Waals surface area contributed by atoms with Crippen LogP contribution in [0.1, 0.15) is 41.5 Å². The van der Waals surface area contributed by atoms with Gasteiger partial charge in [-0.05, 0) is 40.8 Å². The van der Waals surface area contributed by atoms with Crippen molar-refractivity contribution in [3.05, 3.63) is 54.6 Å². The smallest absolute Gasteiger partial charge is 0.0107 e. The summed E-state index contributed by atoms with van der Waals surface area (Å²) in [5, 5.41) is 4.86. The van der Waals surface area contributed by atoms with Crippen molar-refractivity contribution in [2.45, 2.75) is 51.9 Å². The van der Waals surface area contributed by atoms with E-state index in [0.717, 1.165) is 0 Å². The van der Waals surface area contributed by atoms with Crippen molar-refractivity contribution >= 4 is 13.2 Å². The maximum absolute atomic E-state index is 2.75. The largest absolute Gasteiger partial charge is 0.323 e. The van der Waals surface area contributed by atoms with Crippen LogP contribution in [0.5, 0.6) is 0 Å². The summed E-state index contributed by atoms with van der Waals surface area (Å²) in [5.41, 5.74) is 2.73. The van der Waals surface area contributed by atoms with Gasteiger partial charge in [0.1, 0.15) is 0 Å². The molecule has 132 valence electrons. The minimum atomic E-state index is -0.282. The van der Waals surface area contributed by atoms with E-state index in [0.29, 0.717) is 10.3 Å². The second-order valence-electron chi connectivity index (χ2n) is 8.06. The van der Waals surface area contributed by atoms with Crippen LogP contribution in [-0.2, 0) is 0 Å². The monoisotopic (exact) mass is 343 g/mol. The summed E-state index contributed by atoms with van der Waals surface area (Å²) in [5.74, 6) is 0. The molecule has 0 saturated carbocycles. The van der Waals surface area contributed by atoms with E-state index in [9.17, 15) is 0 Å². The fourth-order valence-corrected chi connectivity index (χ4v) is 7.40. The van der Waals surface area contributed by atoms with Gasteiger partial charge in [-0.1, -0.05) is 104 Å². The van der Waals surface area contributed by atoms with E-state index < -0.39 is 0 Å². The Kier molecular flexibility index (Phi) is 7.64. The van der Waals surface area contributed by atoms with Crippen LogP contribution in [0.15, 0.2) is 54.6 Å². The Bertz CT molecular complexity index is 592. The van der Waals surface area contributed by atoms with Crippen LogP contribution in [-0.4, -0.2) is 24.4 Å². The zero-order valence-corrected chi connectivity index (χ0v) is 17.5. The van der Waals surface area contributed by atoms with Crippen LogP contribution in [0.4, 0.5) is 0 Å². The van der Waals surface area contributed by atoms with Gasteiger partial charge in [-0.25, -0.2) is 0 Å². The number of nitrogens with one attached hydrogen (secondary N) is 1. The van der Waals surface area contributed by atoms with Crippen LogP contribution in [0.25, 0.3) is 11.1 Å². The molecular formula is C22H34NP. The molecule has 2 heteroatoms. The van der Waals surface area contributed by atoms with E-state index in [1.165, 1.54) is 16.4 Å². The second kappa shape index (κ2) is 8.79. The van der Waals surface area contributed by atoms with Crippen molar-refractivity contribution in [3.8, 4) is 11.1 Å². The maximum Gasteiger partial charge on any atom is -0.0107 e. The van der Waals surface area contributed by atoms with E-state index in [4.69, 9.17) is 0 Å². The SMILES string of the molecule is CC(C)(C)P(c1ccccc1-c1ccccc1)C(C)(C)C.CNC. The highest BCUT2D eigenvalue weighted by Crippen LogP contribution is 2.59. The average molecular weight is 343 g/mol. The molecule has 2 aromatic carbocycles. The van der Waals surface area contributed by atoms with Crippen LogP contribution in [0, 0.1) is 0 Å². The molecule has 24 heavy (non-hydrogen) atoms. The van der Waals surface area contributed by atoms with E-state index >= 15 is 0 Å². The van der Waals surface area contributed by atoms with Crippen LogP contribution < -0.4 is 10.6 Å². The molecule has 1 N–H and O–H groups in total. The van der Waals surface area contributed by atoms with Gasteiger partial charge in [-0.15, -0.1) is 0 Å². The van der Waals surface area contributed by atoms with Gasteiger partial charge in [0.15, 0.2) is 0 Å². The predicted octanol–water partition coefficient (Wildman–Crippen LogP) is 5.89. The van der Waals surface area contributed by atoms with Gasteiger partial charge in [-0.3, -0.25) is 0 Å². The van der Waals surface area contributed by atoms with Crippen molar-refractivity contribution in [1.29, 1.82) is 0 Å². The summed E-state index contributed by atoms with van der Waals surface area (Å²) in [6.45, 7) is 14.3. The standard InChI is InChI=1S/C20H27P.C2H7N/c1-19(2,3)21(20(4,5)6)18-15-11-10-14-17(18)16-12-8-7-9-13-16;1-3-2/h7-15H,1-6H3;3H,1-2H3. The summed E-state index contributed by atoms with van der Waals surface area (Å²) in [4.78, 5) is 0. The van der Waals surface area contributed by atoms with Crippen molar-refractivity contribution in [2.24, 2.45) is 0 Å². The fraction of sp³-hybridized carbons (Fsp3) is 0.455. The molecule has 2 rings (SSSR count). The predicted molar refractivity (Wildman–Crippen MR) is 113 cm³/mol. The van der Waals surface area contributed by atoms with Crippen molar-refractivity contribution in [2.75, 3.05) is 14.1 Å². The van der Waals surface area contributed by atoms with E-state index in [-0.39, 0.29) is 7.92 Å². The lowest BCUT2D eigenvalue weighted by atomic mass is 10.1. The lowest BCUT2D eigenvalue weighted by Gasteiger charge is -2.42. The highest BCUT2D eigenvalue weighted by molar-refractivity contribution is 7.68. The minimum absolute atomic E-state index is 0.282. The van der Waals surface area contributed by atoms with E-state index in [2.05, 4.69) is 101 Å². The number of benzene rings is 2. The zero-order valence-electron chi connectivity index (χ0n) is 16.6. The molecule has 0 fully saturated rings. The molecule has 0 aliphatic heterocycles. The lowest BCUT2D eigenvalue weighted by molar-refractivity contribution is 0.715. The molecule has 0 aliphatic rings. The van der Waals surface area contributed by atoms with Crippen LogP contribution in [0.2, 0.25) is 0 Å². The number of rotatable bonds is 2. The normalized spacial score (nSPS) is 11.9. The molecule has 0 aliphatic carbocycles. The van der Waals surface area contributed by atoms with Crippen molar-refractivity contribution < 1.29 is 0 Å². The van der Waals surface area contributed by atoms with Gasteiger partial charge < -0.3 is 5.32 Å². The molecule has 0 radical (unpaired) electrons. The molecule has 0 aromatic heterocycles. The Morgan fingerprint density at radius 2 is 1.08 bits per heavy atom. The van der Waals surface area contributed by atoms with Gasteiger partial charge in [0.2, 0.25) is 0 Å². The molecule has 0 saturated heterocycles. The molecule has 0 amide bonds. The Morgan fingerprint density at radius 1 is 0.667 bits per heavy atom. The Balaban J connectivity index is 0.000000891. The Morgan fingerprint density at radius 3 is 1.54 bits per heavy atom. The molecule has 0 unspecified atom stereocenters. The summed E-state index contributed by atoms with van der Waals surface area (Å²) in [7, 11) is 3.47. The van der Waals surface area contributed by atoms with Gasteiger partial charge in [-0.2, -0.15) is 0 Å². The fourth-order valence-electron chi connectivity index (χ4n) is 3.26. The Labute approximate surface area is 150 Å². The third kappa shape index (κ3) is 5.72. The van der Waals surface area contributed by atoms with Crippen molar-refractivity contribution in [1.82, 2.24) is 5.32 Å². The summed E-state index contributed by atoms with van der Waals surface area (Å²) < 4.78 is 0. The summed E-state index contributed by atoms with van der Waals surface area (Å²) >= 11 is 0. The first-order valence-electron chi connectivity index (χ1n) is 8.66. The Hall–Kier alpha value is -1.17. The quantitative estimate of drug-likeness (QED) is 0.670. The van der Waals surface area contributed by atoms with Gasteiger partial charge in [0.25, 0.3) is 0 Å². The molecule has 2 aromatic rings. The third-order valence-electron chi connectivity index (χ3n) is 3.57. The van der Waals surface area contributed by atoms with E-state index in [1.54, 1.807) is 0 Å². The van der Waals surface area contributed by atoms with Crippen LogP contribution in [0.3, 0.4) is 0 Å². The average Bonchev–Trinajstić information content (AvgIpc) is 2.46. The molecule has 0 atom stereocenters. The van der Waals surface area contributed by atoms with Crippen molar-refractivity contribution in [3.63, 3.8) is 0 Å². The maximum atomic E-state index is 2.75. The first kappa shape index (κ1) is 20.9.